The van der Waals surface area contributed by atoms with E-state index < -0.39 is 0 Å². The summed E-state index contributed by atoms with van der Waals surface area (Å²) in [5, 5.41) is 13.7. The SMILES string of the molecule is Br.CCCCCCCCCCCCNC1CCc2cccc(O)c2C1. The predicted molar refractivity (Wildman–Crippen MR) is 114 cm³/mol. The lowest BCUT2D eigenvalue weighted by molar-refractivity contribution is 0.421. The van der Waals surface area contributed by atoms with Gasteiger partial charge in [0.25, 0.3) is 0 Å². The molecule has 2 rings (SSSR count). The monoisotopic (exact) mass is 411 g/mol. The molecular weight excluding hydrogens is 374 g/mol. The van der Waals surface area contributed by atoms with Crippen LogP contribution in [-0.4, -0.2) is 17.7 Å². The summed E-state index contributed by atoms with van der Waals surface area (Å²) in [5.41, 5.74) is 2.51. The lowest BCUT2D eigenvalue weighted by atomic mass is 9.87. The highest BCUT2D eigenvalue weighted by Crippen LogP contribution is 2.28. The Bertz CT molecular complexity index is 463. The van der Waals surface area contributed by atoms with Gasteiger partial charge in [-0.2, -0.15) is 0 Å². The quantitative estimate of drug-likeness (QED) is 0.393. The molecule has 0 aromatic heterocycles. The average Bonchev–Trinajstić information content (AvgIpc) is 2.60. The molecule has 1 aromatic rings. The lowest BCUT2D eigenvalue weighted by Gasteiger charge is -2.26. The van der Waals surface area contributed by atoms with Crippen molar-refractivity contribution in [1.29, 1.82) is 0 Å². The molecule has 2 nitrogen and oxygen atoms in total. The smallest absolute Gasteiger partial charge is 0.119 e. The van der Waals surface area contributed by atoms with Gasteiger partial charge in [0.05, 0.1) is 0 Å². The molecule has 0 heterocycles. The molecule has 1 aliphatic carbocycles. The van der Waals surface area contributed by atoms with E-state index in [1.54, 1.807) is 0 Å². The van der Waals surface area contributed by atoms with Crippen molar-refractivity contribution in [1.82, 2.24) is 5.32 Å². The molecule has 0 fully saturated rings. The molecule has 1 atom stereocenters. The largest absolute Gasteiger partial charge is 0.508 e. The van der Waals surface area contributed by atoms with E-state index in [0.29, 0.717) is 11.8 Å². The van der Waals surface area contributed by atoms with E-state index >= 15 is 0 Å². The Hall–Kier alpha value is -0.540. The first-order valence-corrected chi connectivity index (χ1v) is 10.3. The van der Waals surface area contributed by atoms with Gasteiger partial charge in [-0.3, -0.25) is 0 Å². The van der Waals surface area contributed by atoms with Crippen LogP contribution in [0.2, 0.25) is 0 Å². The van der Waals surface area contributed by atoms with E-state index in [1.807, 2.05) is 12.1 Å². The van der Waals surface area contributed by atoms with Gasteiger partial charge < -0.3 is 10.4 Å². The zero-order valence-electron chi connectivity index (χ0n) is 16.1. The van der Waals surface area contributed by atoms with Crippen LogP contribution in [0.15, 0.2) is 18.2 Å². The topological polar surface area (TPSA) is 32.3 Å². The van der Waals surface area contributed by atoms with Gasteiger partial charge in [0.1, 0.15) is 5.75 Å². The van der Waals surface area contributed by atoms with Gasteiger partial charge in [-0.1, -0.05) is 76.8 Å². The zero-order chi connectivity index (χ0) is 17.0. The van der Waals surface area contributed by atoms with Crippen molar-refractivity contribution in [3.05, 3.63) is 29.3 Å². The van der Waals surface area contributed by atoms with Gasteiger partial charge in [0.2, 0.25) is 0 Å². The van der Waals surface area contributed by atoms with Crippen LogP contribution in [0.1, 0.15) is 88.7 Å². The maximum absolute atomic E-state index is 10.0. The van der Waals surface area contributed by atoms with Crippen LogP contribution in [0.3, 0.4) is 0 Å². The molecule has 1 aliphatic rings. The van der Waals surface area contributed by atoms with Crippen LogP contribution in [0.4, 0.5) is 0 Å². The highest BCUT2D eigenvalue weighted by molar-refractivity contribution is 8.93. The lowest BCUT2D eigenvalue weighted by Crippen LogP contribution is -2.35. The number of nitrogens with one attached hydrogen (secondary N) is 1. The van der Waals surface area contributed by atoms with Gasteiger partial charge >= 0.3 is 0 Å². The maximum Gasteiger partial charge on any atom is 0.119 e. The molecular formula is C22H38BrNO. The van der Waals surface area contributed by atoms with Crippen LogP contribution in [0.5, 0.6) is 5.75 Å². The molecule has 0 saturated heterocycles. The number of phenolic OH excluding ortho intramolecular Hbond substituents is 1. The third kappa shape index (κ3) is 8.59. The Labute approximate surface area is 165 Å². The van der Waals surface area contributed by atoms with Crippen molar-refractivity contribution in [3.8, 4) is 5.75 Å². The standard InChI is InChI=1S/C22H37NO.BrH/c1-2-3-4-5-6-7-8-9-10-11-17-23-20-16-15-19-13-12-14-22(24)21(19)18-20;/h12-14,20,23-24H,2-11,15-18H2,1H3;1H. The number of hydrogen-bond acceptors (Lipinski definition) is 2. The number of rotatable bonds is 12. The fraction of sp³-hybridized carbons (Fsp3) is 0.727. The zero-order valence-corrected chi connectivity index (χ0v) is 17.8. The van der Waals surface area contributed by atoms with Crippen LogP contribution in [0.25, 0.3) is 0 Å². The van der Waals surface area contributed by atoms with E-state index in [4.69, 9.17) is 0 Å². The number of hydrogen-bond donors (Lipinski definition) is 2. The second-order valence-electron chi connectivity index (χ2n) is 7.49. The molecule has 0 saturated carbocycles. The summed E-state index contributed by atoms with van der Waals surface area (Å²) in [6.07, 6.45) is 17.2. The molecule has 0 aliphatic heterocycles. The Kier molecular flexibility index (Phi) is 12.3. The second kappa shape index (κ2) is 13.6. The Morgan fingerprint density at radius 2 is 1.60 bits per heavy atom. The summed E-state index contributed by atoms with van der Waals surface area (Å²) in [4.78, 5) is 0. The predicted octanol–water partition coefficient (Wildman–Crippen LogP) is 6.34. The second-order valence-corrected chi connectivity index (χ2v) is 7.49. The van der Waals surface area contributed by atoms with E-state index in [-0.39, 0.29) is 17.0 Å². The summed E-state index contributed by atoms with van der Waals surface area (Å²) in [7, 11) is 0. The molecule has 144 valence electrons. The summed E-state index contributed by atoms with van der Waals surface area (Å²) in [6.45, 7) is 3.41. The molecule has 25 heavy (non-hydrogen) atoms. The van der Waals surface area contributed by atoms with E-state index in [0.717, 1.165) is 19.4 Å². The molecule has 0 amide bonds. The van der Waals surface area contributed by atoms with Crippen LogP contribution in [-0.2, 0) is 12.8 Å². The summed E-state index contributed by atoms with van der Waals surface area (Å²) in [6, 6.07) is 6.49. The van der Waals surface area contributed by atoms with Crippen molar-refractivity contribution in [2.75, 3.05) is 6.54 Å². The highest BCUT2D eigenvalue weighted by atomic mass is 79.9. The van der Waals surface area contributed by atoms with Crippen molar-refractivity contribution in [2.24, 2.45) is 0 Å². The van der Waals surface area contributed by atoms with Gasteiger partial charge in [0.15, 0.2) is 0 Å². The summed E-state index contributed by atoms with van der Waals surface area (Å²) < 4.78 is 0. The number of aryl methyl sites for hydroxylation is 1. The maximum atomic E-state index is 10.0. The van der Waals surface area contributed by atoms with Gasteiger partial charge in [-0.05, 0) is 49.4 Å². The fourth-order valence-corrected chi connectivity index (χ4v) is 3.86. The molecule has 0 spiro atoms. The number of aromatic hydroxyl groups is 1. The summed E-state index contributed by atoms with van der Waals surface area (Å²) >= 11 is 0. The summed E-state index contributed by atoms with van der Waals surface area (Å²) in [5.74, 6) is 0.484. The minimum atomic E-state index is 0. The van der Waals surface area contributed by atoms with E-state index in [1.165, 1.54) is 81.8 Å². The van der Waals surface area contributed by atoms with Crippen molar-refractivity contribution >= 4 is 17.0 Å². The number of fused-ring (bicyclic) bond motifs is 1. The number of halogens is 1. The molecule has 2 N–H and O–H groups in total. The molecule has 1 aromatic carbocycles. The molecule has 3 heteroatoms. The fourth-order valence-electron chi connectivity index (χ4n) is 3.86. The van der Waals surface area contributed by atoms with Gasteiger partial charge in [-0.15, -0.1) is 17.0 Å². The average molecular weight is 412 g/mol. The normalized spacial score (nSPS) is 16.3. The minimum absolute atomic E-state index is 0. The van der Waals surface area contributed by atoms with Crippen molar-refractivity contribution in [3.63, 3.8) is 0 Å². The van der Waals surface area contributed by atoms with Crippen molar-refractivity contribution < 1.29 is 5.11 Å². The highest BCUT2D eigenvalue weighted by Gasteiger charge is 2.20. The Morgan fingerprint density at radius 1 is 0.960 bits per heavy atom. The number of unbranched alkanes of at least 4 members (excludes halogenated alkanes) is 9. The molecule has 1 unspecified atom stereocenters. The third-order valence-corrected chi connectivity index (χ3v) is 5.42. The number of benzene rings is 1. The first-order valence-electron chi connectivity index (χ1n) is 10.3. The van der Waals surface area contributed by atoms with Crippen LogP contribution in [0, 0.1) is 0 Å². The minimum Gasteiger partial charge on any atom is -0.508 e. The van der Waals surface area contributed by atoms with E-state index in [2.05, 4.69) is 18.3 Å². The first-order chi connectivity index (χ1) is 11.8. The van der Waals surface area contributed by atoms with Crippen molar-refractivity contribution in [2.45, 2.75) is 96.4 Å². The van der Waals surface area contributed by atoms with Gasteiger partial charge in [-0.25, -0.2) is 0 Å². The third-order valence-electron chi connectivity index (χ3n) is 5.42. The molecule has 0 bridgehead atoms. The van der Waals surface area contributed by atoms with E-state index in [9.17, 15) is 5.11 Å². The Balaban J connectivity index is 0.00000312. The van der Waals surface area contributed by atoms with Crippen LogP contribution >= 0.6 is 17.0 Å². The Morgan fingerprint density at radius 3 is 2.28 bits per heavy atom. The van der Waals surface area contributed by atoms with Crippen LogP contribution < -0.4 is 5.32 Å². The molecule has 0 radical (unpaired) electrons. The first kappa shape index (κ1) is 22.5. The van der Waals surface area contributed by atoms with Gasteiger partial charge in [0, 0.05) is 6.04 Å². The number of phenols is 1.